The summed E-state index contributed by atoms with van der Waals surface area (Å²) in [5.41, 5.74) is 7.26. The summed E-state index contributed by atoms with van der Waals surface area (Å²) in [5.74, 6) is -1.32. The fraction of sp³-hybridized carbons (Fsp3) is 0.0556. The normalized spacial score (nSPS) is 17.0. The number of allylic oxidation sites excluding steroid dienone is 1. The molecule has 3 rings (SSSR count). The first kappa shape index (κ1) is 18.3. The molecule has 0 unspecified atom stereocenters. The van der Waals surface area contributed by atoms with Crippen LogP contribution in [0.5, 0.6) is 0 Å². The molecule has 8 nitrogen and oxygen atoms in total. The molecule has 1 heterocycles. The molecule has 0 radical (unpaired) electrons. The molecule has 2 aromatic carbocycles. The molecule has 0 spiro atoms. The predicted octanol–water partition coefficient (Wildman–Crippen LogP) is 1.11. The molecular formula is C18H16N4O4S. The third-order valence-electron chi connectivity index (χ3n) is 3.73. The lowest BCUT2D eigenvalue weighted by atomic mass is 10.1. The number of nitrogen functional groups attached to an aromatic ring is 1. The molecular weight excluding hydrogens is 368 g/mol. The summed E-state index contributed by atoms with van der Waals surface area (Å²) in [6, 6.07) is 12.3. The van der Waals surface area contributed by atoms with Gasteiger partial charge in [-0.15, -0.1) is 4.40 Å². The van der Waals surface area contributed by atoms with Crippen LogP contribution < -0.4 is 16.4 Å². The maximum Gasteiger partial charge on any atom is 0.285 e. The summed E-state index contributed by atoms with van der Waals surface area (Å²) in [4.78, 5) is 24.1. The Morgan fingerprint density at radius 3 is 2.30 bits per heavy atom. The van der Waals surface area contributed by atoms with Gasteiger partial charge in [-0.1, -0.05) is 29.8 Å². The van der Waals surface area contributed by atoms with E-state index >= 15 is 0 Å². The maximum absolute atomic E-state index is 12.3. The molecule has 1 fully saturated rings. The van der Waals surface area contributed by atoms with Gasteiger partial charge in [-0.25, -0.2) is 0 Å². The number of amides is 1. The van der Waals surface area contributed by atoms with Crippen molar-refractivity contribution in [1.29, 1.82) is 0 Å². The quantitative estimate of drug-likeness (QED) is 0.411. The second kappa shape index (κ2) is 7.04. The summed E-state index contributed by atoms with van der Waals surface area (Å²) in [7, 11) is -4.05. The van der Waals surface area contributed by atoms with Gasteiger partial charge in [0, 0.05) is 17.3 Å². The van der Waals surface area contributed by atoms with E-state index in [1.807, 2.05) is 6.92 Å². The summed E-state index contributed by atoms with van der Waals surface area (Å²) in [6.45, 7) is 1.89. The molecule has 0 aliphatic carbocycles. The fourth-order valence-corrected chi connectivity index (χ4v) is 3.20. The van der Waals surface area contributed by atoms with Crippen molar-refractivity contribution in [2.75, 3.05) is 5.73 Å². The lowest BCUT2D eigenvalue weighted by molar-refractivity contribution is -0.115. The van der Waals surface area contributed by atoms with Gasteiger partial charge in [0.15, 0.2) is 5.78 Å². The largest absolute Gasteiger partial charge is 0.399 e. The molecule has 4 N–H and O–H groups in total. The van der Waals surface area contributed by atoms with Crippen molar-refractivity contribution in [2.45, 2.75) is 11.8 Å². The molecule has 0 atom stereocenters. The fourth-order valence-electron chi connectivity index (χ4n) is 2.28. The summed E-state index contributed by atoms with van der Waals surface area (Å²) >= 11 is 0. The Morgan fingerprint density at radius 1 is 1.04 bits per heavy atom. The minimum atomic E-state index is -4.05. The van der Waals surface area contributed by atoms with E-state index in [1.165, 1.54) is 24.3 Å². The van der Waals surface area contributed by atoms with Crippen LogP contribution in [0.15, 0.2) is 69.6 Å². The van der Waals surface area contributed by atoms with Crippen LogP contribution in [0, 0.1) is 6.92 Å². The molecule has 138 valence electrons. The van der Waals surface area contributed by atoms with Crippen molar-refractivity contribution < 1.29 is 18.0 Å². The van der Waals surface area contributed by atoms with Crippen LogP contribution in [0.4, 0.5) is 5.69 Å². The third kappa shape index (κ3) is 4.21. The number of rotatable bonds is 4. The van der Waals surface area contributed by atoms with Crippen LogP contribution in [0.25, 0.3) is 0 Å². The first-order valence-electron chi connectivity index (χ1n) is 7.86. The first-order valence-corrected chi connectivity index (χ1v) is 9.30. The Balaban J connectivity index is 1.82. The standard InChI is InChI=1S/C18H16N4O4S/c1-11-2-4-12(5-3-11)16(23)10-15-17(24)21-18(20-15)22-27(25,26)14-8-6-13(19)7-9-14/h2-10H,19H2,1H3,(H2,20,21,22,24)/b15-10-. The number of nitrogens with zero attached hydrogens (tertiary/aromatic N) is 1. The number of benzene rings is 2. The lowest BCUT2D eigenvalue weighted by Gasteiger charge is -2.01. The van der Waals surface area contributed by atoms with E-state index in [-0.39, 0.29) is 16.6 Å². The van der Waals surface area contributed by atoms with Crippen LogP contribution in [0.1, 0.15) is 15.9 Å². The Bertz CT molecular complexity index is 1070. The van der Waals surface area contributed by atoms with Crippen molar-refractivity contribution in [3.8, 4) is 0 Å². The van der Waals surface area contributed by atoms with E-state index in [2.05, 4.69) is 15.0 Å². The first-order chi connectivity index (χ1) is 12.7. The number of carbonyl (C=O) groups is 2. The highest BCUT2D eigenvalue weighted by Crippen LogP contribution is 2.15. The van der Waals surface area contributed by atoms with Gasteiger partial charge in [0.05, 0.1) is 4.90 Å². The molecule has 1 aliphatic rings. The number of guanidine groups is 1. The molecule has 0 bridgehead atoms. The molecule has 0 aromatic heterocycles. The highest BCUT2D eigenvalue weighted by Gasteiger charge is 2.25. The number of hydrogen-bond donors (Lipinski definition) is 3. The Hall–Kier alpha value is -3.46. The number of ketones is 1. The Morgan fingerprint density at radius 2 is 1.67 bits per heavy atom. The van der Waals surface area contributed by atoms with Crippen LogP contribution in [-0.4, -0.2) is 26.1 Å². The van der Waals surface area contributed by atoms with Gasteiger partial charge in [0.25, 0.3) is 15.9 Å². The van der Waals surface area contributed by atoms with E-state index in [9.17, 15) is 18.0 Å². The van der Waals surface area contributed by atoms with Gasteiger partial charge in [-0.3, -0.25) is 14.9 Å². The summed E-state index contributed by atoms with van der Waals surface area (Å²) < 4.78 is 28.1. The van der Waals surface area contributed by atoms with Crippen LogP contribution >= 0.6 is 0 Å². The van der Waals surface area contributed by atoms with Crippen molar-refractivity contribution in [2.24, 2.45) is 4.40 Å². The predicted molar refractivity (Wildman–Crippen MR) is 100 cm³/mol. The third-order valence-corrected chi connectivity index (χ3v) is 5.02. The molecule has 1 aliphatic heterocycles. The topological polar surface area (TPSA) is 131 Å². The molecule has 1 saturated heterocycles. The van der Waals surface area contributed by atoms with Gasteiger partial charge in [0.1, 0.15) is 5.70 Å². The highest BCUT2D eigenvalue weighted by molar-refractivity contribution is 7.90. The highest BCUT2D eigenvalue weighted by atomic mass is 32.2. The minimum absolute atomic E-state index is 0.0755. The summed E-state index contributed by atoms with van der Waals surface area (Å²) in [5, 5.41) is 4.80. The Labute approximate surface area is 155 Å². The maximum atomic E-state index is 12.3. The lowest BCUT2D eigenvalue weighted by Crippen LogP contribution is -2.26. The van der Waals surface area contributed by atoms with Crippen molar-refractivity contribution in [3.63, 3.8) is 0 Å². The van der Waals surface area contributed by atoms with Gasteiger partial charge in [-0.2, -0.15) is 8.42 Å². The van der Waals surface area contributed by atoms with Crippen molar-refractivity contribution in [1.82, 2.24) is 10.6 Å². The minimum Gasteiger partial charge on any atom is -0.399 e. The second-order valence-corrected chi connectivity index (χ2v) is 7.46. The number of hydrogen-bond acceptors (Lipinski definition) is 5. The smallest absolute Gasteiger partial charge is 0.285 e. The number of carbonyl (C=O) groups excluding carboxylic acids is 2. The average molecular weight is 384 g/mol. The number of sulfonamides is 1. The molecule has 2 aromatic rings. The van der Waals surface area contributed by atoms with E-state index in [0.717, 1.165) is 11.6 Å². The van der Waals surface area contributed by atoms with Gasteiger partial charge in [0.2, 0.25) is 5.96 Å². The molecule has 1 amide bonds. The number of nitrogens with two attached hydrogens (primary N) is 1. The average Bonchev–Trinajstić information content (AvgIpc) is 2.94. The summed E-state index contributed by atoms with van der Waals surface area (Å²) in [6.07, 6.45) is 1.10. The van der Waals surface area contributed by atoms with Gasteiger partial charge < -0.3 is 11.1 Å². The van der Waals surface area contributed by atoms with Crippen molar-refractivity contribution in [3.05, 3.63) is 71.4 Å². The monoisotopic (exact) mass is 384 g/mol. The van der Waals surface area contributed by atoms with Crippen LogP contribution in [-0.2, 0) is 14.8 Å². The number of nitrogens with one attached hydrogen (secondary N) is 2. The zero-order valence-corrected chi connectivity index (χ0v) is 15.1. The Kier molecular flexibility index (Phi) is 4.78. The number of aryl methyl sites for hydroxylation is 1. The van der Waals surface area contributed by atoms with Crippen LogP contribution in [0.2, 0.25) is 0 Å². The number of anilines is 1. The molecule has 0 saturated carbocycles. The SMILES string of the molecule is Cc1ccc(C(=O)/C=C2\N/C(=N\S(=O)(=O)c3ccc(N)cc3)NC2=O)cc1. The van der Waals surface area contributed by atoms with Crippen LogP contribution in [0.3, 0.4) is 0 Å². The molecule has 27 heavy (non-hydrogen) atoms. The van der Waals surface area contributed by atoms with E-state index < -0.39 is 21.7 Å². The second-order valence-electron chi connectivity index (χ2n) is 5.85. The zero-order chi connectivity index (χ0) is 19.6. The zero-order valence-electron chi connectivity index (χ0n) is 14.3. The van der Waals surface area contributed by atoms with Gasteiger partial charge in [-0.05, 0) is 31.2 Å². The molecule has 9 heteroatoms. The van der Waals surface area contributed by atoms with Gasteiger partial charge >= 0.3 is 0 Å². The van der Waals surface area contributed by atoms with E-state index in [1.54, 1.807) is 24.3 Å². The van der Waals surface area contributed by atoms with E-state index in [4.69, 9.17) is 5.73 Å². The van der Waals surface area contributed by atoms with Crippen molar-refractivity contribution >= 4 is 33.4 Å². The van der Waals surface area contributed by atoms with E-state index in [0.29, 0.717) is 11.3 Å².